The Labute approximate surface area is 464 Å². The zero-order chi connectivity index (χ0) is 55.0. The molecule has 0 fully saturated rings. The van der Waals surface area contributed by atoms with Gasteiger partial charge in [0.15, 0.2) is 0 Å². The molecule has 0 saturated carbocycles. The summed E-state index contributed by atoms with van der Waals surface area (Å²) >= 11 is 0. The molecule has 438 valence electrons. The number of unbranched alkanes of at least 4 members (excludes halogenated alkanes) is 33. The fourth-order valence-corrected chi connectivity index (χ4v) is 9.78. The van der Waals surface area contributed by atoms with Gasteiger partial charge in [-0.25, -0.2) is 4.57 Å². The monoisotopic (exact) mass is 1070 g/mol. The van der Waals surface area contributed by atoms with Gasteiger partial charge in [-0.3, -0.25) is 18.6 Å². The largest absolute Gasteiger partial charge is 0.472 e. The standard InChI is InChI=1S/C65H121N2O7P/c1-7-10-13-16-19-22-25-27-29-31-32-33-34-36-38-40-43-46-49-52-55-58-65(69)74-63(56-53-50-47-44-41-24-21-18-15-12-9-3)62(61-73-75(70,71)72-60-59-67(4,5)6)66-64(68)57-54-51-48-45-42-39-37-35-30-28-26-23-20-17-14-11-8-2/h19,22,27,29,32-33,36,38,53,56,62-63H,7-18,20-21,23-26,28,30-31,34-35,37,39-52,54-55,57-61H2,1-6H3,(H-,66,68,70,71)/p+1/b22-19-,29-27-,33-32-,38-36-,56-53+. The van der Waals surface area contributed by atoms with Gasteiger partial charge in [0.25, 0.3) is 0 Å². The number of hydrogen-bond donors (Lipinski definition) is 2. The number of likely N-dealkylation sites (N-methyl/N-ethyl adjacent to an activating group) is 1. The Morgan fingerprint density at radius 3 is 1.24 bits per heavy atom. The maximum atomic E-state index is 13.5. The van der Waals surface area contributed by atoms with Crippen LogP contribution in [0.25, 0.3) is 0 Å². The third kappa shape index (κ3) is 56.2. The molecule has 0 radical (unpaired) electrons. The Kier molecular flexibility index (Phi) is 53.4. The SMILES string of the molecule is CCCCC/C=C\C/C=C\C/C=C\C/C=C\CCCCCCCC(=O)OC(/C=C/CCCCCCCCCCC)C(COP(=O)(O)OCC[N+](C)(C)C)NC(=O)CCCCCCCCCCCCCCCCCCC. The van der Waals surface area contributed by atoms with Gasteiger partial charge >= 0.3 is 13.8 Å². The van der Waals surface area contributed by atoms with Crippen LogP contribution in [0.3, 0.4) is 0 Å². The van der Waals surface area contributed by atoms with Crippen LogP contribution in [0.1, 0.15) is 290 Å². The molecule has 0 aliphatic rings. The van der Waals surface area contributed by atoms with E-state index < -0.39 is 20.0 Å². The highest BCUT2D eigenvalue weighted by Gasteiger charge is 2.30. The van der Waals surface area contributed by atoms with Crippen molar-refractivity contribution < 1.29 is 37.3 Å². The molecule has 75 heavy (non-hydrogen) atoms. The van der Waals surface area contributed by atoms with E-state index in [1.165, 1.54) is 161 Å². The molecule has 0 aliphatic heterocycles. The molecule has 0 rings (SSSR count). The van der Waals surface area contributed by atoms with E-state index in [2.05, 4.69) is 74.7 Å². The van der Waals surface area contributed by atoms with Gasteiger partial charge < -0.3 is 19.4 Å². The van der Waals surface area contributed by atoms with Crippen LogP contribution in [-0.4, -0.2) is 74.3 Å². The van der Waals surface area contributed by atoms with Gasteiger partial charge in [-0.2, -0.15) is 0 Å². The first-order valence-corrected chi connectivity index (χ1v) is 33.1. The molecule has 0 saturated heterocycles. The lowest BCUT2D eigenvalue weighted by molar-refractivity contribution is -0.870. The van der Waals surface area contributed by atoms with Crippen LogP contribution in [0.15, 0.2) is 60.8 Å². The molecule has 9 nitrogen and oxygen atoms in total. The number of ether oxygens (including phenoxy) is 1. The maximum absolute atomic E-state index is 13.5. The number of hydrogen-bond acceptors (Lipinski definition) is 6. The van der Waals surface area contributed by atoms with Crippen molar-refractivity contribution >= 4 is 19.7 Å². The van der Waals surface area contributed by atoms with E-state index in [-0.39, 0.29) is 31.5 Å². The van der Waals surface area contributed by atoms with Gasteiger partial charge in [-0.15, -0.1) is 0 Å². The van der Waals surface area contributed by atoms with Gasteiger partial charge in [0.1, 0.15) is 19.3 Å². The fraction of sp³-hybridized carbons (Fsp3) is 0.815. The molecule has 0 aliphatic carbocycles. The minimum atomic E-state index is -4.45. The van der Waals surface area contributed by atoms with Gasteiger partial charge in [0, 0.05) is 12.8 Å². The number of amides is 1. The van der Waals surface area contributed by atoms with E-state index in [1.54, 1.807) is 0 Å². The predicted molar refractivity (Wildman–Crippen MR) is 323 cm³/mol. The second-order valence-electron chi connectivity index (χ2n) is 22.6. The molecule has 0 bridgehead atoms. The normalized spacial score (nSPS) is 14.1. The number of nitrogens with one attached hydrogen (secondary N) is 1. The highest BCUT2D eigenvalue weighted by Crippen LogP contribution is 2.43. The zero-order valence-electron chi connectivity index (χ0n) is 50.0. The second kappa shape index (κ2) is 55.0. The summed E-state index contributed by atoms with van der Waals surface area (Å²) in [6.07, 6.45) is 69.3. The lowest BCUT2D eigenvalue weighted by atomic mass is 10.0. The maximum Gasteiger partial charge on any atom is 0.472 e. The summed E-state index contributed by atoms with van der Waals surface area (Å²) in [6, 6.07) is -0.855. The van der Waals surface area contributed by atoms with Crippen LogP contribution in [0, 0.1) is 0 Å². The Bertz CT molecular complexity index is 1470. The van der Waals surface area contributed by atoms with Crippen molar-refractivity contribution in [2.45, 2.75) is 303 Å². The van der Waals surface area contributed by atoms with E-state index in [0.717, 1.165) is 96.3 Å². The van der Waals surface area contributed by atoms with E-state index >= 15 is 0 Å². The molecule has 0 aromatic heterocycles. The number of nitrogens with zero attached hydrogens (tertiary/aromatic N) is 1. The van der Waals surface area contributed by atoms with Gasteiger partial charge in [-0.1, -0.05) is 262 Å². The minimum Gasteiger partial charge on any atom is -0.456 e. The number of esters is 1. The van der Waals surface area contributed by atoms with Crippen molar-refractivity contribution in [1.82, 2.24) is 5.32 Å². The van der Waals surface area contributed by atoms with Gasteiger partial charge in [0.05, 0.1) is 33.8 Å². The van der Waals surface area contributed by atoms with Crippen LogP contribution < -0.4 is 5.32 Å². The summed E-state index contributed by atoms with van der Waals surface area (Å²) < 4.78 is 30.7. The molecule has 2 N–H and O–H groups in total. The van der Waals surface area contributed by atoms with Gasteiger partial charge in [-0.05, 0) is 76.7 Å². The summed E-state index contributed by atoms with van der Waals surface area (Å²) in [5, 5.41) is 3.05. The molecule has 0 spiro atoms. The summed E-state index contributed by atoms with van der Waals surface area (Å²) in [6.45, 7) is 6.99. The molecule has 10 heteroatoms. The third-order valence-corrected chi connectivity index (χ3v) is 14.9. The lowest BCUT2D eigenvalue weighted by Gasteiger charge is -2.27. The highest BCUT2D eigenvalue weighted by molar-refractivity contribution is 7.47. The zero-order valence-corrected chi connectivity index (χ0v) is 50.9. The van der Waals surface area contributed by atoms with Crippen LogP contribution in [0.5, 0.6) is 0 Å². The van der Waals surface area contributed by atoms with Crippen molar-refractivity contribution in [3.05, 3.63) is 60.8 Å². The first kappa shape index (κ1) is 72.7. The smallest absolute Gasteiger partial charge is 0.456 e. The Morgan fingerprint density at radius 1 is 0.467 bits per heavy atom. The molecular weight excluding hydrogens is 952 g/mol. The van der Waals surface area contributed by atoms with Crippen molar-refractivity contribution in [1.29, 1.82) is 0 Å². The topological polar surface area (TPSA) is 111 Å². The number of phosphoric acid groups is 1. The van der Waals surface area contributed by atoms with Crippen LogP contribution in [0.2, 0.25) is 0 Å². The number of carbonyl (C=O) groups is 2. The molecule has 3 unspecified atom stereocenters. The average molecular weight is 1070 g/mol. The highest BCUT2D eigenvalue weighted by atomic mass is 31.2. The van der Waals surface area contributed by atoms with E-state index in [0.29, 0.717) is 17.4 Å². The summed E-state index contributed by atoms with van der Waals surface area (Å²) in [5.74, 6) is -0.518. The molecule has 0 aromatic carbocycles. The van der Waals surface area contributed by atoms with E-state index in [4.69, 9.17) is 13.8 Å². The summed E-state index contributed by atoms with van der Waals surface area (Å²) in [4.78, 5) is 37.7. The second-order valence-corrected chi connectivity index (χ2v) is 24.0. The number of phosphoric ester groups is 1. The van der Waals surface area contributed by atoms with Crippen LogP contribution in [-0.2, 0) is 27.9 Å². The van der Waals surface area contributed by atoms with E-state index in [1.807, 2.05) is 33.3 Å². The molecule has 1 amide bonds. The first-order chi connectivity index (χ1) is 36.4. The molecule has 0 heterocycles. The Balaban J connectivity index is 5.23. The van der Waals surface area contributed by atoms with Crippen molar-refractivity contribution in [3.63, 3.8) is 0 Å². The predicted octanol–water partition coefficient (Wildman–Crippen LogP) is 19.4. The summed E-state index contributed by atoms with van der Waals surface area (Å²) in [7, 11) is 1.49. The van der Waals surface area contributed by atoms with Crippen LogP contribution >= 0.6 is 7.82 Å². The lowest BCUT2D eigenvalue weighted by Crippen LogP contribution is -2.47. The third-order valence-electron chi connectivity index (χ3n) is 14.0. The van der Waals surface area contributed by atoms with Crippen molar-refractivity contribution in [2.24, 2.45) is 0 Å². The number of rotatable bonds is 57. The van der Waals surface area contributed by atoms with Gasteiger partial charge in [0.2, 0.25) is 5.91 Å². The quantitative estimate of drug-likeness (QED) is 0.0205. The summed E-state index contributed by atoms with van der Waals surface area (Å²) in [5.41, 5.74) is 0. The molecule has 0 aromatic rings. The van der Waals surface area contributed by atoms with Crippen molar-refractivity contribution in [2.75, 3.05) is 40.9 Å². The van der Waals surface area contributed by atoms with E-state index in [9.17, 15) is 19.0 Å². The number of allylic oxidation sites excluding steroid dienone is 9. The van der Waals surface area contributed by atoms with Crippen LogP contribution in [0.4, 0.5) is 0 Å². The van der Waals surface area contributed by atoms with Crippen molar-refractivity contribution in [3.8, 4) is 0 Å². The Morgan fingerprint density at radius 2 is 0.813 bits per heavy atom. The first-order valence-electron chi connectivity index (χ1n) is 31.6. The number of quaternary nitrogens is 1. The molecule has 3 atom stereocenters. The molecular formula is C65H122N2O7P+. The average Bonchev–Trinajstić information content (AvgIpc) is 3.37. The Hall–Kier alpha value is -2.29. The fourth-order valence-electron chi connectivity index (χ4n) is 9.04. The number of carbonyl (C=O) groups excluding carboxylic acids is 2. The minimum absolute atomic E-state index is 0.0369.